The molecule has 0 bridgehead atoms. The van der Waals surface area contributed by atoms with E-state index in [1.807, 2.05) is 6.92 Å². The molecule has 4 aromatic rings. The van der Waals surface area contributed by atoms with E-state index in [4.69, 9.17) is 4.74 Å². The lowest BCUT2D eigenvalue weighted by molar-refractivity contribution is 0.165. The number of aryl methyl sites for hydroxylation is 1. The van der Waals surface area contributed by atoms with Gasteiger partial charge in [0.25, 0.3) is 5.56 Å². The third kappa shape index (κ3) is 5.89. The van der Waals surface area contributed by atoms with Crippen molar-refractivity contribution in [3.63, 3.8) is 0 Å². The minimum atomic E-state index is -4.55. The van der Waals surface area contributed by atoms with Crippen LogP contribution in [0.5, 0.6) is 5.88 Å². The fourth-order valence-corrected chi connectivity index (χ4v) is 6.01. The Bertz CT molecular complexity index is 1780. The molecule has 2 aromatic carbocycles. The summed E-state index contributed by atoms with van der Waals surface area (Å²) in [6, 6.07) is 15.0. The first-order chi connectivity index (χ1) is 19.6. The average Bonchev–Trinajstić information content (AvgIpc) is 2.96. The van der Waals surface area contributed by atoms with E-state index >= 15 is 0 Å². The summed E-state index contributed by atoms with van der Waals surface area (Å²) in [7, 11) is -3.10. The van der Waals surface area contributed by atoms with Gasteiger partial charge in [-0.15, -0.1) is 0 Å². The van der Waals surface area contributed by atoms with Gasteiger partial charge in [0.2, 0.25) is 21.7 Å². The molecule has 0 radical (unpaired) electrons. The zero-order valence-corrected chi connectivity index (χ0v) is 23.7. The molecule has 0 aliphatic heterocycles. The van der Waals surface area contributed by atoms with Gasteiger partial charge in [0, 0.05) is 25.3 Å². The molecule has 1 atom stereocenters. The summed E-state index contributed by atoms with van der Waals surface area (Å²) in [6.45, 7) is 3.50. The monoisotopic (exact) mass is 576 g/mol. The third-order valence-corrected chi connectivity index (χ3v) is 8.59. The quantitative estimate of drug-likeness (QED) is 0.268. The van der Waals surface area contributed by atoms with Crippen LogP contribution in [0.4, 0.5) is 4.39 Å². The molecule has 212 valence electrons. The Kier molecular flexibility index (Phi) is 8.95. The summed E-state index contributed by atoms with van der Waals surface area (Å²) >= 11 is 0. The molecule has 9 nitrogen and oxygen atoms in total. The van der Waals surface area contributed by atoms with Gasteiger partial charge in [0.05, 0.1) is 29.2 Å². The van der Waals surface area contributed by atoms with Crippen molar-refractivity contribution < 1.29 is 22.7 Å². The number of unbranched alkanes of at least 4 members (excludes halogenated alkanes) is 1. The van der Waals surface area contributed by atoms with Gasteiger partial charge in [-0.1, -0.05) is 37.6 Å². The van der Waals surface area contributed by atoms with Crippen LogP contribution < -0.4 is 5.56 Å². The molecule has 0 saturated heterocycles. The molecule has 11 heteroatoms. The molecule has 0 amide bonds. The lowest BCUT2D eigenvalue weighted by atomic mass is 10.0. The van der Waals surface area contributed by atoms with Crippen molar-refractivity contribution in [2.24, 2.45) is 0 Å². The van der Waals surface area contributed by atoms with E-state index in [1.165, 1.54) is 42.1 Å². The summed E-state index contributed by atoms with van der Waals surface area (Å²) in [4.78, 5) is 20.7. The number of benzene rings is 2. The Hall–Kier alpha value is -4.40. The molecule has 2 heterocycles. The van der Waals surface area contributed by atoms with Crippen LogP contribution in [-0.4, -0.2) is 41.8 Å². The van der Waals surface area contributed by atoms with Crippen molar-refractivity contribution in [3.8, 4) is 23.1 Å². The molecule has 0 aliphatic rings. The van der Waals surface area contributed by atoms with Crippen LogP contribution in [0.1, 0.15) is 48.3 Å². The minimum Gasteiger partial charge on any atom is -0.492 e. The van der Waals surface area contributed by atoms with Gasteiger partial charge in [-0.25, -0.2) is 13.4 Å². The largest absolute Gasteiger partial charge is 0.492 e. The second kappa shape index (κ2) is 12.4. The minimum absolute atomic E-state index is 0.0175. The number of aromatic hydroxyl groups is 1. The number of sulfone groups is 1. The number of ether oxygens (including phenoxy) is 1. The van der Waals surface area contributed by atoms with Gasteiger partial charge < -0.3 is 9.84 Å². The van der Waals surface area contributed by atoms with Gasteiger partial charge in [-0.2, -0.15) is 14.6 Å². The number of nitriles is 1. The van der Waals surface area contributed by atoms with Crippen LogP contribution in [0.3, 0.4) is 0 Å². The molecular weight excluding hydrogens is 547 g/mol. The van der Waals surface area contributed by atoms with Crippen molar-refractivity contribution in [1.82, 2.24) is 14.5 Å². The predicted molar refractivity (Wildman–Crippen MR) is 150 cm³/mol. The van der Waals surface area contributed by atoms with Crippen molar-refractivity contribution in [3.05, 3.63) is 99.6 Å². The summed E-state index contributed by atoms with van der Waals surface area (Å²) in [5, 5.41) is 20.2. The molecule has 0 spiro atoms. The maximum atomic E-state index is 14.0. The van der Waals surface area contributed by atoms with E-state index < -0.39 is 38.2 Å². The first-order valence-electron chi connectivity index (χ1n) is 12.9. The number of pyridine rings is 1. The summed E-state index contributed by atoms with van der Waals surface area (Å²) in [5.41, 5.74) is 1.34. The first kappa shape index (κ1) is 29.6. The average molecular weight is 577 g/mol. The second-order valence-electron chi connectivity index (χ2n) is 9.47. The van der Waals surface area contributed by atoms with Gasteiger partial charge in [-0.05, 0) is 60.4 Å². The highest BCUT2D eigenvalue weighted by atomic mass is 32.2. The van der Waals surface area contributed by atoms with Crippen LogP contribution >= 0.6 is 0 Å². The molecule has 0 fully saturated rings. The lowest BCUT2D eigenvalue weighted by Crippen LogP contribution is -2.35. The number of aromatic nitrogens is 3. The van der Waals surface area contributed by atoms with Crippen molar-refractivity contribution >= 4 is 9.84 Å². The number of nitrogens with zero attached hydrogens (tertiary/aromatic N) is 4. The van der Waals surface area contributed by atoms with Gasteiger partial charge in [0.15, 0.2) is 4.90 Å². The van der Waals surface area contributed by atoms with Gasteiger partial charge in [0.1, 0.15) is 5.82 Å². The fourth-order valence-electron chi connectivity index (χ4n) is 4.66. The van der Waals surface area contributed by atoms with Crippen molar-refractivity contribution in [2.75, 3.05) is 13.7 Å². The summed E-state index contributed by atoms with van der Waals surface area (Å²) in [5.74, 6) is -1.33. The SMILES string of the molecule is CCCCc1nc(O)c(S(=O)(=O)c2ccc(-c3ccnc(F)c3C)cc2)c(=O)n1C(COC)c1cccc(C#N)c1. The van der Waals surface area contributed by atoms with Crippen LogP contribution in [0.25, 0.3) is 11.1 Å². The molecule has 4 rings (SSSR count). The van der Waals surface area contributed by atoms with E-state index in [0.717, 1.165) is 6.42 Å². The molecule has 0 saturated carbocycles. The van der Waals surface area contributed by atoms with Crippen LogP contribution in [-0.2, 0) is 21.0 Å². The van der Waals surface area contributed by atoms with E-state index in [9.17, 15) is 28.0 Å². The van der Waals surface area contributed by atoms with Crippen molar-refractivity contribution in [1.29, 1.82) is 5.26 Å². The first-order valence-corrected chi connectivity index (χ1v) is 14.4. The van der Waals surface area contributed by atoms with E-state index in [2.05, 4.69) is 16.0 Å². The normalized spacial score (nSPS) is 12.2. The highest BCUT2D eigenvalue weighted by Gasteiger charge is 2.32. The lowest BCUT2D eigenvalue weighted by Gasteiger charge is -2.24. The molecular formula is C30H29FN4O5S. The van der Waals surface area contributed by atoms with E-state index in [1.54, 1.807) is 37.3 Å². The fraction of sp³-hybridized carbons (Fsp3) is 0.267. The van der Waals surface area contributed by atoms with Gasteiger partial charge in [-0.3, -0.25) is 9.36 Å². The number of halogens is 1. The van der Waals surface area contributed by atoms with E-state index in [0.29, 0.717) is 40.7 Å². The number of rotatable bonds is 10. The highest BCUT2D eigenvalue weighted by molar-refractivity contribution is 7.91. The zero-order chi connectivity index (χ0) is 29.7. The van der Waals surface area contributed by atoms with Crippen LogP contribution in [0.2, 0.25) is 0 Å². The number of methoxy groups -OCH3 is 1. The molecule has 1 N–H and O–H groups in total. The molecule has 2 aromatic heterocycles. The second-order valence-corrected chi connectivity index (χ2v) is 11.4. The Morgan fingerprint density at radius 2 is 1.90 bits per heavy atom. The maximum absolute atomic E-state index is 14.0. The highest BCUT2D eigenvalue weighted by Crippen LogP contribution is 2.30. The smallest absolute Gasteiger partial charge is 0.277 e. The van der Waals surface area contributed by atoms with Crippen LogP contribution in [0, 0.1) is 24.2 Å². The standard InChI is InChI=1S/C30H29FN4O5S/c1-4-5-9-26-34-29(36)27(30(37)35(26)25(18-40-3)22-8-6-7-20(16-22)17-32)41(38,39)23-12-10-21(11-13-23)24-14-15-33-28(31)19(24)2/h6-8,10-16,25,36H,4-5,9,18H2,1-3H3. The summed E-state index contributed by atoms with van der Waals surface area (Å²) < 4.78 is 48.2. The molecule has 1 unspecified atom stereocenters. The maximum Gasteiger partial charge on any atom is 0.277 e. The predicted octanol–water partition coefficient (Wildman–Crippen LogP) is 4.74. The van der Waals surface area contributed by atoms with Crippen LogP contribution in [0.15, 0.2) is 75.4 Å². The van der Waals surface area contributed by atoms with E-state index in [-0.39, 0.29) is 17.3 Å². The Morgan fingerprint density at radius 1 is 1.17 bits per heavy atom. The Labute approximate surface area is 237 Å². The van der Waals surface area contributed by atoms with Crippen molar-refractivity contribution in [2.45, 2.75) is 48.9 Å². The third-order valence-electron chi connectivity index (χ3n) is 6.81. The Balaban J connectivity index is 1.89. The molecule has 41 heavy (non-hydrogen) atoms. The molecule has 0 aliphatic carbocycles. The Morgan fingerprint density at radius 3 is 2.56 bits per heavy atom. The van der Waals surface area contributed by atoms with Gasteiger partial charge >= 0.3 is 0 Å². The number of hydrogen-bond acceptors (Lipinski definition) is 8. The zero-order valence-electron chi connectivity index (χ0n) is 22.8. The topological polar surface area (TPSA) is 135 Å². The number of hydrogen-bond donors (Lipinski definition) is 1. The summed E-state index contributed by atoms with van der Waals surface area (Å²) in [6.07, 6.45) is 3.01.